The lowest BCUT2D eigenvalue weighted by atomic mass is 9.80. The number of rotatable bonds is 3. The van der Waals surface area contributed by atoms with E-state index in [2.05, 4.69) is 19.1 Å². The Labute approximate surface area is 116 Å². The summed E-state index contributed by atoms with van der Waals surface area (Å²) in [6.07, 6.45) is 6.63. The highest BCUT2D eigenvalue weighted by Gasteiger charge is 2.22. The minimum atomic E-state index is 0. The molecule has 0 radical (unpaired) electrons. The van der Waals surface area contributed by atoms with Crippen LogP contribution in [-0.2, 0) is 0 Å². The zero-order valence-corrected chi connectivity index (χ0v) is 12.1. The standard InChI is InChI=1S/C15H23NO.ClH/c1-11-10-13(17-2)8-9-14(11)15(16)12-6-4-3-5-7-12;/h8-10,12,15H,3-7,16H2,1-2H3;1H/t15-;/m1./s1. The lowest BCUT2D eigenvalue weighted by Crippen LogP contribution is -2.24. The number of halogens is 1. The number of ether oxygens (including phenoxy) is 1. The highest BCUT2D eigenvalue weighted by molar-refractivity contribution is 5.85. The Morgan fingerprint density at radius 1 is 1.22 bits per heavy atom. The van der Waals surface area contributed by atoms with Crippen LogP contribution in [0.3, 0.4) is 0 Å². The zero-order chi connectivity index (χ0) is 12.3. The molecule has 1 aliphatic rings. The molecule has 0 bridgehead atoms. The number of methoxy groups -OCH3 is 1. The molecular weight excluding hydrogens is 246 g/mol. The van der Waals surface area contributed by atoms with Crippen molar-refractivity contribution in [1.82, 2.24) is 0 Å². The van der Waals surface area contributed by atoms with Gasteiger partial charge in [-0.1, -0.05) is 25.3 Å². The molecule has 1 aromatic carbocycles. The van der Waals surface area contributed by atoms with Gasteiger partial charge in [-0.3, -0.25) is 0 Å². The number of benzene rings is 1. The molecule has 1 aliphatic carbocycles. The van der Waals surface area contributed by atoms with Gasteiger partial charge in [0.2, 0.25) is 0 Å². The molecule has 0 aromatic heterocycles. The molecule has 102 valence electrons. The first kappa shape index (κ1) is 15.3. The van der Waals surface area contributed by atoms with Crippen molar-refractivity contribution >= 4 is 12.4 Å². The van der Waals surface area contributed by atoms with Gasteiger partial charge in [0.15, 0.2) is 0 Å². The highest BCUT2D eigenvalue weighted by Crippen LogP contribution is 2.34. The molecule has 0 amide bonds. The number of hydrogen-bond donors (Lipinski definition) is 1. The Hall–Kier alpha value is -0.730. The first-order chi connectivity index (χ1) is 8.22. The normalized spacial score (nSPS) is 17.9. The van der Waals surface area contributed by atoms with E-state index >= 15 is 0 Å². The van der Waals surface area contributed by atoms with Crippen LogP contribution in [0.2, 0.25) is 0 Å². The van der Waals surface area contributed by atoms with E-state index in [1.807, 2.05) is 6.07 Å². The van der Waals surface area contributed by atoms with Gasteiger partial charge in [0, 0.05) is 6.04 Å². The average Bonchev–Trinajstić information content (AvgIpc) is 2.39. The van der Waals surface area contributed by atoms with Crippen LogP contribution in [0.5, 0.6) is 5.75 Å². The highest BCUT2D eigenvalue weighted by atomic mass is 35.5. The quantitative estimate of drug-likeness (QED) is 0.900. The molecule has 2 rings (SSSR count). The maximum Gasteiger partial charge on any atom is 0.119 e. The lowest BCUT2D eigenvalue weighted by Gasteiger charge is -2.28. The molecule has 1 aromatic rings. The third kappa shape index (κ3) is 3.39. The Morgan fingerprint density at radius 2 is 1.89 bits per heavy atom. The fourth-order valence-electron chi connectivity index (χ4n) is 2.90. The van der Waals surface area contributed by atoms with Gasteiger partial charge in [-0.15, -0.1) is 12.4 Å². The molecule has 1 fully saturated rings. The fraction of sp³-hybridized carbons (Fsp3) is 0.600. The zero-order valence-electron chi connectivity index (χ0n) is 11.3. The Kier molecular flexibility index (Phi) is 5.97. The number of nitrogens with two attached hydrogens (primary N) is 1. The number of hydrogen-bond acceptors (Lipinski definition) is 2. The van der Waals surface area contributed by atoms with Gasteiger partial charge >= 0.3 is 0 Å². The van der Waals surface area contributed by atoms with E-state index in [0.29, 0.717) is 5.92 Å². The van der Waals surface area contributed by atoms with Crippen LogP contribution in [0.1, 0.15) is 49.3 Å². The molecule has 0 spiro atoms. The first-order valence-electron chi connectivity index (χ1n) is 6.62. The van der Waals surface area contributed by atoms with E-state index in [9.17, 15) is 0 Å². The molecular formula is C15H24ClNO. The van der Waals surface area contributed by atoms with Gasteiger partial charge in [-0.05, 0) is 48.9 Å². The summed E-state index contributed by atoms with van der Waals surface area (Å²) < 4.78 is 5.23. The topological polar surface area (TPSA) is 35.2 Å². The predicted octanol–water partition coefficient (Wildman–Crippen LogP) is 4.01. The van der Waals surface area contributed by atoms with Crippen LogP contribution in [0.15, 0.2) is 18.2 Å². The largest absolute Gasteiger partial charge is 0.497 e. The monoisotopic (exact) mass is 269 g/mol. The third-order valence-electron chi connectivity index (χ3n) is 3.99. The molecule has 0 saturated heterocycles. The van der Waals surface area contributed by atoms with Crippen molar-refractivity contribution < 1.29 is 4.74 Å². The van der Waals surface area contributed by atoms with Crippen molar-refractivity contribution in [2.75, 3.05) is 7.11 Å². The van der Waals surface area contributed by atoms with Crippen molar-refractivity contribution in [3.63, 3.8) is 0 Å². The molecule has 18 heavy (non-hydrogen) atoms. The van der Waals surface area contributed by atoms with Crippen molar-refractivity contribution in [3.05, 3.63) is 29.3 Å². The van der Waals surface area contributed by atoms with Gasteiger partial charge in [0.05, 0.1) is 7.11 Å². The van der Waals surface area contributed by atoms with Gasteiger partial charge in [0.25, 0.3) is 0 Å². The van der Waals surface area contributed by atoms with E-state index in [0.717, 1.165) is 5.75 Å². The second-order valence-corrected chi connectivity index (χ2v) is 5.15. The van der Waals surface area contributed by atoms with Crippen molar-refractivity contribution in [1.29, 1.82) is 0 Å². The van der Waals surface area contributed by atoms with Crippen LogP contribution in [0, 0.1) is 12.8 Å². The van der Waals surface area contributed by atoms with Crippen LogP contribution in [0.4, 0.5) is 0 Å². The van der Waals surface area contributed by atoms with Gasteiger partial charge < -0.3 is 10.5 Å². The van der Waals surface area contributed by atoms with Gasteiger partial charge in [-0.25, -0.2) is 0 Å². The van der Waals surface area contributed by atoms with Crippen LogP contribution in [-0.4, -0.2) is 7.11 Å². The lowest BCUT2D eigenvalue weighted by molar-refractivity contribution is 0.307. The van der Waals surface area contributed by atoms with Crippen molar-refractivity contribution in [3.8, 4) is 5.75 Å². The fourth-order valence-corrected chi connectivity index (χ4v) is 2.90. The predicted molar refractivity (Wildman–Crippen MR) is 78.5 cm³/mol. The van der Waals surface area contributed by atoms with Gasteiger partial charge in [-0.2, -0.15) is 0 Å². The maximum absolute atomic E-state index is 6.42. The van der Waals surface area contributed by atoms with E-state index in [4.69, 9.17) is 10.5 Å². The van der Waals surface area contributed by atoms with Crippen LogP contribution in [0.25, 0.3) is 0 Å². The molecule has 1 saturated carbocycles. The molecule has 0 heterocycles. The summed E-state index contributed by atoms with van der Waals surface area (Å²) in [4.78, 5) is 0. The maximum atomic E-state index is 6.42. The SMILES string of the molecule is COc1ccc([C@H](N)C2CCCCC2)c(C)c1.Cl. The van der Waals surface area contributed by atoms with Gasteiger partial charge in [0.1, 0.15) is 5.75 Å². The molecule has 2 nitrogen and oxygen atoms in total. The van der Waals surface area contributed by atoms with E-state index in [-0.39, 0.29) is 18.4 Å². The Morgan fingerprint density at radius 3 is 2.44 bits per heavy atom. The molecule has 3 heteroatoms. The minimum Gasteiger partial charge on any atom is -0.497 e. The van der Waals surface area contributed by atoms with Crippen LogP contribution >= 0.6 is 12.4 Å². The summed E-state index contributed by atoms with van der Waals surface area (Å²) in [5.74, 6) is 1.58. The first-order valence-corrected chi connectivity index (χ1v) is 6.62. The second kappa shape index (κ2) is 7.01. The second-order valence-electron chi connectivity index (χ2n) is 5.15. The minimum absolute atomic E-state index is 0. The van der Waals surface area contributed by atoms with Crippen molar-refractivity contribution in [2.45, 2.75) is 45.1 Å². The smallest absolute Gasteiger partial charge is 0.119 e. The molecule has 1 atom stereocenters. The summed E-state index contributed by atoms with van der Waals surface area (Å²) in [5, 5.41) is 0. The summed E-state index contributed by atoms with van der Waals surface area (Å²) in [7, 11) is 1.70. The summed E-state index contributed by atoms with van der Waals surface area (Å²) in [6.45, 7) is 2.13. The Bertz CT molecular complexity index is 375. The van der Waals surface area contributed by atoms with Crippen LogP contribution < -0.4 is 10.5 Å². The molecule has 0 aliphatic heterocycles. The number of aryl methyl sites for hydroxylation is 1. The van der Waals surface area contributed by atoms with E-state index in [1.165, 1.54) is 43.2 Å². The summed E-state index contributed by atoms with van der Waals surface area (Å²) in [6, 6.07) is 6.43. The van der Waals surface area contributed by atoms with Crippen molar-refractivity contribution in [2.24, 2.45) is 11.7 Å². The molecule has 0 unspecified atom stereocenters. The molecule has 2 N–H and O–H groups in total. The average molecular weight is 270 g/mol. The Balaban J connectivity index is 0.00000162. The summed E-state index contributed by atoms with van der Waals surface area (Å²) >= 11 is 0. The van der Waals surface area contributed by atoms with E-state index < -0.39 is 0 Å². The third-order valence-corrected chi connectivity index (χ3v) is 3.99. The van der Waals surface area contributed by atoms with E-state index in [1.54, 1.807) is 7.11 Å². The summed E-state index contributed by atoms with van der Waals surface area (Å²) in [5.41, 5.74) is 8.96.